The van der Waals surface area contributed by atoms with Crippen molar-refractivity contribution in [3.63, 3.8) is 0 Å². The highest BCUT2D eigenvalue weighted by Crippen LogP contribution is 2.23. The SMILES string of the molecule is C=CCCC(NC(=O)C1NNC2CCNCC21)c1ccccc1. The van der Waals surface area contributed by atoms with Crippen LogP contribution in [0.5, 0.6) is 0 Å². The van der Waals surface area contributed by atoms with Gasteiger partial charge in [0.05, 0.1) is 6.04 Å². The molecule has 0 aromatic heterocycles. The first kappa shape index (κ1) is 16.2. The number of carbonyl (C=O) groups excluding carboxylic acids is 1. The van der Waals surface area contributed by atoms with Gasteiger partial charge in [-0.25, -0.2) is 5.43 Å². The first-order valence-corrected chi connectivity index (χ1v) is 8.47. The Hall–Kier alpha value is -1.69. The summed E-state index contributed by atoms with van der Waals surface area (Å²) in [5.74, 6) is 0.381. The molecule has 2 aliphatic heterocycles. The van der Waals surface area contributed by atoms with Crippen molar-refractivity contribution in [2.75, 3.05) is 13.1 Å². The molecule has 4 unspecified atom stereocenters. The number of amides is 1. The van der Waals surface area contributed by atoms with Gasteiger partial charge in [0.15, 0.2) is 0 Å². The van der Waals surface area contributed by atoms with Crippen LogP contribution in [0.2, 0.25) is 0 Å². The summed E-state index contributed by atoms with van der Waals surface area (Å²) in [7, 11) is 0. The topological polar surface area (TPSA) is 65.2 Å². The number of hydrogen-bond donors (Lipinski definition) is 4. The third kappa shape index (κ3) is 3.80. The minimum absolute atomic E-state index is 0.0269. The molecule has 2 saturated heterocycles. The average Bonchev–Trinajstić information content (AvgIpc) is 3.03. The van der Waals surface area contributed by atoms with Crippen molar-refractivity contribution in [3.8, 4) is 0 Å². The second-order valence-corrected chi connectivity index (χ2v) is 6.37. The molecular formula is C18H26N4O. The molecule has 0 spiro atoms. The number of rotatable bonds is 6. The maximum Gasteiger partial charge on any atom is 0.239 e. The summed E-state index contributed by atoms with van der Waals surface area (Å²) < 4.78 is 0. The lowest BCUT2D eigenvalue weighted by atomic mass is 9.88. The van der Waals surface area contributed by atoms with E-state index in [4.69, 9.17) is 0 Å². The zero-order valence-corrected chi connectivity index (χ0v) is 13.4. The monoisotopic (exact) mass is 314 g/mol. The van der Waals surface area contributed by atoms with Gasteiger partial charge in [-0.1, -0.05) is 36.4 Å². The molecule has 0 radical (unpaired) electrons. The summed E-state index contributed by atoms with van der Waals surface area (Å²) in [6.07, 6.45) is 4.70. The fourth-order valence-electron chi connectivity index (χ4n) is 3.53. The van der Waals surface area contributed by atoms with E-state index in [9.17, 15) is 4.79 Å². The van der Waals surface area contributed by atoms with Crippen molar-refractivity contribution >= 4 is 5.91 Å². The summed E-state index contributed by atoms with van der Waals surface area (Å²) in [6.45, 7) is 5.68. The molecule has 0 saturated carbocycles. The van der Waals surface area contributed by atoms with Crippen molar-refractivity contribution in [2.45, 2.75) is 37.4 Å². The highest BCUT2D eigenvalue weighted by atomic mass is 16.2. The molecule has 1 aromatic rings. The Labute approximate surface area is 137 Å². The van der Waals surface area contributed by atoms with Gasteiger partial charge < -0.3 is 10.6 Å². The van der Waals surface area contributed by atoms with Gasteiger partial charge in [0.1, 0.15) is 6.04 Å². The van der Waals surface area contributed by atoms with Crippen molar-refractivity contribution in [3.05, 3.63) is 48.6 Å². The molecule has 2 fully saturated rings. The van der Waals surface area contributed by atoms with Gasteiger partial charge in [0.2, 0.25) is 5.91 Å². The van der Waals surface area contributed by atoms with Crippen LogP contribution < -0.4 is 21.5 Å². The molecule has 3 rings (SSSR count). The molecule has 124 valence electrons. The molecule has 4 atom stereocenters. The zero-order valence-electron chi connectivity index (χ0n) is 13.4. The van der Waals surface area contributed by atoms with Crippen molar-refractivity contribution < 1.29 is 4.79 Å². The summed E-state index contributed by atoms with van der Waals surface area (Å²) >= 11 is 0. The Balaban J connectivity index is 1.67. The Morgan fingerprint density at radius 3 is 2.96 bits per heavy atom. The van der Waals surface area contributed by atoms with Gasteiger partial charge in [0.25, 0.3) is 0 Å². The van der Waals surface area contributed by atoms with Crippen molar-refractivity contribution in [1.82, 2.24) is 21.5 Å². The molecule has 2 heterocycles. The molecule has 5 heteroatoms. The fraction of sp³-hybridized carbons (Fsp3) is 0.500. The number of piperidine rings is 1. The summed E-state index contributed by atoms with van der Waals surface area (Å²) in [5.41, 5.74) is 7.61. The van der Waals surface area contributed by atoms with E-state index in [0.29, 0.717) is 12.0 Å². The van der Waals surface area contributed by atoms with E-state index in [-0.39, 0.29) is 18.0 Å². The van der Waals surface area contributed by atoms with Crippen LogP contribution in [-0.4, -0.2) is 31.1 Å². The molecule has 23 heavy (non-hydrogen) atoms. The second-order valence-electron chi connectivity index (χ2n) is 6.37. The second kappa shape index (κ2) is 7.73. The molecule has 1 amide bonds. The predicted molar refractivity (Wildman–Crippen MR) is 91.6 cm³/mol. The molecule has 2 aliphatic rings. The number of fused-ring (bicyclic) bond motifs is 1. The lowest BCUT2D eigenvalue weighted by Crippen LogP contribution is -2.49. The summed E-state index contributed by atoms with van der Waals surface area (Å²) in [4.78, 5) is 12.8. The molecule has 0 aliphatic carbocycles. The van der Waals surface area contributed by atoms with Crippen LogP contribution in [0, 0.1) is 5.92 Å². The zero-order chi connectivity index (χ0) is 16.1. The van der Waals surface area contributed by atoms with Crippen LogP contribution in [0.1, 0.15) is 30.9 Å². The number of benzene rings is 1. The third-order valence-electron chi connectivity index (χ3n) is 4.84. The van der Waals surface area contributed by atoms with Gasteiger partial charge in [-0.2, -0.15) is 0 Å². The van der Waals surface area contributed by atoms with E-state index in [1.54, 1.807) is 0 Å². The van der Waals surface area contributed by atoms with E-state index >= 15 is 0 Å². The predicted octanol–water partition coefficient (Wildman–Crippen LogP) is 1.26. The van der Waals surface area contributed by atoms with Crippen LogP contribution >= 0.6 is 0 Å². The quantitative estimate of drug-likeness (QED) is 0.597. The first-order chi connectivity index (χ1) is 11.3. The number of hydrogen-bond acceptors (Lipinski definition) is 4. The molecular weight excluding hydrogens is 288 g/mol. The highest BCUT2D eigenvalue weighted by molar-refractivity contribution is 5.83. The van der Waals surface area contributed by atoms with E-state index in [2.05, 4.69) is 40.2 Å². The molecule has 0 bridgehead atoms. The lowest BCUT2D eigenvalue weighted by molar-refractivity contribution is -0.124. The number of allylic oxidation sites excluding steroid dienone is 1. The minimum atomic E-state index is -0.178. The van der Waals surface area contributed by atoms with E-state index < -0.39 is 0 Å². The van der Waals surface area contributed by atoms with Crippen molar-refractivity contribution in [2.24, 2.45) is 5.92 Å². The Kier molecular flexibility index (Phi) is 5.43. The molecule has 1 aromatic carbocycles. The van der Waals surface area contributed by atoms with Gasteiger partial charge in [-0.3, -0.25) is 10.2 Å². The van der Waals surface area contributed by atoms with Gasteiger partial charge in [0, 0.05) is 18.5 Å². The fourth-order valence-corrected chi connectivity index (χ4v) is 3.53. The maximum absolute atomic E-state index is 12.8. The largest absolute Gasteiger partial charge is 0.348 e. The highest BCUT2D eigenvalue weighted by Gasteiger charge is 2.41. The summed E-state index contributed by atoms with van der Waals surface area (Å²) in [6, 6.07) is 10.4. The van der Waals surface area contributed by atoms with E-state index in [0.717, 1.165) is 37.9 Å². The number of hydrazine groups is 1. The molecule has 5 nitrogen and oxygen atoms in total. The van der Waals surface area contributed by atoms with E-state index in [1.165, 1.54) is 0 Å². The van der Waals surface area contributed by atoms with E-state index in [1.807, 2.05) is 24.3 Å². The average molecular weight is 314 g/mol. The third-order valence-corrected chi connectivity index (χ3v) is 4.84. The number of carbonyl (C=O) groups is 1. The lowest BCUT2D eigenvalue weighted by Gasteiger charge is -2.28. The normalized spacial score (nSPS) is 27.9. The number of nitrogens with one attached hydrogen (secondary N) is 4. The van der Waals surface area contributed by atoms with Gasteiger partial charge in [-0.05, 0) is 31.4 Å². The van der Waals surface area contributed by atoms with Crippen LogP contribution in [0.15, 0.2) is 43.0 Å². The van der Waals surface area contributed by atoms with Gasteiger partial charge in [-0.15, -0.1) is 6.58 Å². The molecule has 4 N–H and O–H groups in total. The van der Waals surface area contributed by atoms with Crippen LogP contribution in [0.3, 0.4) is 0 Å². The van der Waals surface area contributed by atoms with Crippen molar-refractivity contribution in [1.29, 1.82) is 0 Å². The Bertz CT molecular complexity index is 533. The smallest absolute Gasteiger partial charge is 0.239 e. The van der Waals surface area contributed by atoms with Crippen LogP contribution in [-0.2, 0) is 4.79 Å². The maximum atomic E-state index is 12.8. The summed E-state index contributed by atoms with van der Waals surface area (Å²) in [5, 5.41) is 6.61. The van der Waals surface area contributed by atoms with Gasteiger partial charge >= 0.3 is 0 Å². The standard InChI is InChI=1S/C18H26N4O/c1-2-3-9-15(13-7-5-4-6-8-13)20-18(23)17-14-12-19-11-10-16(14)21-22-17/h2,4-8,14-17,19,21-22H,1,3,9-12H2,(H,20,23). The van der Waals surface area contributed by atoms with Crippen LogP contribution in [0.4, 0.5) is 0 Å². The van der Waals surface area contributed by atoms with Crippen LogP contribution in [0.25, 0.3) is 0 Å². The first-order valence-electron chi connectivity index (χ1n) is 8.47. The minimum Gasteiger partial charge on any atom is -0.348 e. The Morgan fingerprint density at radius 2 is 2.17 bits per heavy atom. The Morgan fingerprint density at radius 1 is 1.35 bits per heavy atom.